The summed E-state index contributed by atoms with van der Waals surface area (Å²) in [6, 6.07) is 8.50. The predicted octanol–water partition coefficient (Wildman–Crippen LogP) is 4.60. The van der Waals surface area contributed by atoms with Crippen LogP contribution in [0, 0.1) is 26.6 Å². The molecule has 1 atom stereocenters. The van der Waals surface area contributed by atoms with Gasteiger partial charge in [-0.1, -0.05) is 18.2 Å². The van der Waals surface area contributed by atoms with Crippen molar-refractivity contribution in [3.05, 3.63) is 58.4 Å². The molecule has 2 aromatic carbocycles. The number of benzene rings is 2. The standard InChI is InChI=1S/C17H19FO2/c1-10-8-11(2)12(3)16(9-10)20-17-14(13(4)19)6-5-7-15(17)18/h5-9,13,19H,1-4H3. The first-order valence-electron chi connectivity index (χ1n) is 6.62. The van der Waals surface area contributed by atoms with E-state index in [2.05, 4.69) is 6.07 Å². The van der Waals surface area contributed by atoms with Crippen molar-refractivity contribution >= 4 is 0 Å². The van der Waals surface area contributed by atoms with Crippen molar-refractivity contribution in [2.45, 2.75) is 33.8 Å². The molecule has 2 aromatic rings. The maximum Gasteiger partial charge on any atom is 0.168 e. The molecule has 0 heterocycles. The van der Waals surface area contributed by atoms with Gasteiger partial charge in [-0.2, -0.15) is 0 Å². The summed E-state index contributed by atoms with van der Waals surface area (Å²) in [5.74, 6) is 0.243. The van der Waals surface area contributed by atoms with Crippen molar-refractivity contribution in [1.82, 2.24) is 0 Å². The van der Waals surface area contributed by atoms with E-state index in [-0.39, 0.29) is 5.75 Å². The van der Waals surface area contributed by atoms with Crippen LogP contribution in [0.1, 0.15) is 35.3 Å². The topological polar surface area (TPSA) is 29.5 Å². The van der Waals surface area contributed by atoms with Crippen LogP contribution >= 0.6 is 0 Å². The van der Waals surface area contributed by atoms with Gasteiger partial charge >= 0.3 is 0 Å². The van der Waals surface area contributed by atoms with Crippen molar-refractivity contribution in [3.8, 4) is 11.5 Å². The fraction of sp³-hybridized carbons (Fsp3) is 0.294. The molecule has 2 rings (SSSR count). The number of hydrogen-bond acceptors (Lipinski definition) is 2. The number of hydrogen-bond donors (Lipinski definition) is 1. The zero-order chi connectivity index (χ0) is 14.9. The molecule has 0 aromatic heterocycles. The summed E-state index contributed by atoms with van der Waals surface area (Å²) in [5.41, 5.74) is 3.56. The smallest absolute Gasteiger partial charge is 0.168 e. The number of halogens is 1. The largest absolute Gasteiger partial charge is 0.454 e. The molecule has 3 heteroatoms. The molecule has 0 radical (unpaired) electrons. The van der Waals surface area contributed by atoms with Crippen LogP contribution in [0.2, 0.25) is 0 Å². The van der Waals surface area contributed by atoms with Gasteiger partial charge in [0.15, 0.2) is 11.6 Å². The van der Waals surface area contributed by atoms with Gasteiger partial charge < -0.3 is 9.84 Å². The molecular formula is C17H19FO2. The Hall–Kier alpha value is -1.87. The first kappa shape index (κ1) is 14.5. The second-order valence-corrected chi connectivity index (χ2v) is 5.14. The van der Waals surface area contributed by atoms with E-state index in [9.17, 15) is 9.50 Å². The summed E-state index contributed by atoms with van der Waals surface area (Å²) in [7, 11) is 0. The molecule has 0 aliphatic carbocycles. The van der Waals surface area contributed by atoms with E-state index < -0.39 is 11.9 Å². The Kier molecular flexibility index (Phi) is 4.09. The molecule has 0 aliphatic heterocycles. The number of rotatable bonds is 3. The summed E-state index contributed by atoms with van der Waals surface area (Å²) in [5, 5.41) is 9.74. The van der Waals surface area contributed by atoms with Gasteiger partial charge in [0.25, 0.3) is 0 Å². The molecule has 0 bridgehead atoms. The third kappa shape index (κ3) is 2.83. The Morgan fingerprint density at radius 1 is 1.15 bits per heavy atom. The zero-order valence-electron chi connectivity index (χ0n) is 12.2. The second kappa shape index (κ2) is 5.63. The lowest BCUT2D eigenvalue weighted by atomic mass is 10.1. The van der Waals surface area contributed by atoms with E-state index in [0.717, 1.165) is 16.7 Å². The molecule has 0 fully saturated rings. The van der Waals surface area contributed by atoms with Gasteiger partial charge in [-0.3, -0.25) is 0 Å². The lowest BCUT2D eigenvalue weighted by Crippen LogP contribution is -2.00. The van der Waals surface area contributed by atoms with E-state index in [4.69, 9.17) is 4.74 Å². The van der Waals surface area contributed by atoms with Crippen molar-refractivity contribution < 1.29 is 14.2 Å². The Bertz CT molecular complexity index is 633. The Balaban J connectivity index is 2.50. The molecule has 1 N–H and O–H groups in total. The minimum atomic E-state index is -0.785. The highest BCUT2D eigenvalue weighted by Gasteiger charge is 2.16. The summed E-state index contributed by atoms with van der Waals surface area (Å²) in [6.07, 6.45) is -0.785. The Morgan fingerprint density at radius 2 is 1.85 bits per heavy atom. The van der Waals surface area contributed by atoms with Crippen molar-refractivity contribution in [3.63, 3.8) is 0 Å². The highest BCUT2D eigenvalue weighted by Crippen LogP contribution is 2.34. The van der Waals surface area contributed by atoms with Crippen molar-refractivity contribution in [2.75, 3.05) is 0 Å². The lowest BCUT2D eigenvalue weighted by Gasteiger charge is -2.16. The van der Waals surface area contributed by atoms with E-state index in [0.29, 0.717) is 11.3 Å². The maximum absolute atomic E-state index is 14.0. The highest BCUT2D eigenvalue weighted by molar-refractivity contribution is 5.46. The van der Waals surface area contributed by atoms with Crippen LogP contribution in [0.15, 0.2) is 30.3 Å². The average Bonchev–Trinajstić information content (AvgIpc) is 2.37. The predicted molar refractivity (Wildman–Crippen MR) is 77.8 cm³/mol. The van der Waals surface area contributed by atoms with Gasteiger partial charge in [-0.15, -0.1) is 0 Å². The molecule has 0 amide bonds. The molecule has 0 saturated heterocycles. The quantitative estimate of drug-likeness (QED) is 0.886. The average molecular weight is 274 g/mol. The van der Waals surface area contributed by atoms with Crippen molar-refractivity contribution in [2.24, 2.45) is 0 Å². The molecule has 0 saturated carbocycles. The number of ether oxygens (including phenoxy) is 1. The number of aliphatic hydroxyl groups is 1. The Labute approximate surface area is 118 Å². The minimum Gasteiger partial charge on any atom is -0.454 e. The third-order valence-electron chi connectivity index (χ3n) is 3.42. The van der Waals surface area contributed by atoms with Gasteiger partial charge in [-0.25, -0.2) is 4.39 Å². The number of aliphatic hydroxyl groups excluding tert-OH is 1. The zero-order valence-corrected chi connectivity index (χ0v) is 12.2. The summed E-state index contributed by atoms with van der Waals surface area (Å²) in [4.78, 5) is 0. The van der Waals surface area contributed by atoms with Crippen LogP contribution in [-0.4, -0.2) is 5.11 Å². The molecule has 1 unspecified atom stereocenters. The third-order valence-corrected chi connectivity index (χ3v) is 3.42. The molecular weight excluding hydrogens is 255 g/mol. The van der Waals surface area contributed by atoms with Gasteiger partial charge in [0.2, 0.25) is 0 Å². The fourth-order valence-corrected chi connectivity index (χ4v) is 2.18. The minimum absolute atomic E-state index is 0.0931. The van der Waals surface area contributed by atoms with E-state index in [1.165, 1.54) is 6.07 Å². The van der Waals surface area contributed by atoms with Crippen LogP contribution < -0.4 is 4.74 Å². The first-order chi connectivity index (χ1) is 9.40. The second-order valence-electron chi connectivity index (χ2n) is 5.14. The maximum atomic E-state index is 14.0. The SMILES string of the molecule is Cc1cc(C)c(C)c(Oc2c(F)cccc2C(C)O)c1. The van der Waals surface area contributed by atoms with Gasteiger partial charge in [0.1, 0.15) is 5.75 Å². The number of para-hydroxylation sites is 1. The normalized spacial score (nSPS) is 12.3. The van der Waals surface area contributed by atoms with Crippen LogP contribution in [0.25, 0.3) is 0 Å². The fourth-order valence-electron chi connectivity index (χ4n) is 2.18. The summed E-state index contributed by atoms with van der Waals surface area (Å²) >= 11 is 0. The first-order valence-corrected chi connectivity index (χ1v) is 6.62. The van der Waals surface area contributed by atoms with E-state index in [1.807, 2.05) is 26.8 Å². The van der Waals surface area contributed by atoms with Gasteiger partial charge in [-0.05, 0) is 56.5 Å². The van der Waals surface area contributed by atoms with E-state index in [1.54, 1.807) is 19.1 Å². The van der Waals surface area contributed by atoms with Gasteiger partial charge in [0.05, 0.1) is 6.10 Å². The molecule has 106 valence electrons. The summed E-state index contributed by atoms with van der Waals surface area (Å²) in [6.45, 7) is 7.49. The van der Waals surface area contributed by atoms with Gasteiger partial charge in [0, 0.05) is 5.56 Å². The highest BCUT2D eigenvalue weighted by atomic mass is 19.1. The molecule has 20 heavy (non-hydrogen) atoms. The molecule has 0 aliphatic rings. The van der Waals surface area contributed by atoms with Crippen LogP contribution in [0.4, 0.5) is 4.39 Å². The van der Waals surface area contributed by atoms with Crippen LogP contribution in [-0.2, 0) is 0 Å². The van der Waals surface area contributed by atoms with Crippen LogP contribution in [0.3, 0.4) is 0 Å². The van der Waals surface area contributed by atoms with E-state index >= 15 is 0 Å². The number of aryl methyl sites for hydroxylation is 2. The lowest BCUT2D eigenvalue weighted by molar-refractivity contribution is 0.194. The molecule has 0 spiro atoms. The monoisotopic (exact) mass is 274 g/mol. The summed E-state index contributed by atoms with van der Waals surface area (Å²) < 4.78 is 19.8. The van der Waals surface area contributed by atoms with Crippen molar-refractivity contribution in [1.29, 1.82) is 0 Å². The van der Waals surface area contributed by atoms with Crippen LogP contribution in [0.5, 0.6) is 11.5 Å². The molecule has 2 nitrogen and oxygen atoms in total. The Morgan fingerprint density at radius 3 is 2.50 bits per heavy atom.